The summed E-state index contributed by atoms with van der Waals surface area (Å²) in [6, 6.07) is 0. The van der Waals surface area contributed by atoms with Gasteiger partial charge >= 0.3 is 0 Å². The van der Waals surface area contributed by atoms with Crippen LogP contribution in [0.15, 0.2) is 38.0 Å². The molecule has 1 aliphatic heterocycles. The van der Waals surface area contributed by atoms with Crippen LogP contribution in [0.5, 0.6) is 0 Å². The molecule has 5 fully saturated rings. The Balaban J connectivity index is 1.50. The van der Waals surface area contributed by atoms with Gasteiger partial charge in [-0.3, -0.25) is 0 Å². The van der Waals surface area contributed by atoms with Gasteiger partial charge in [0.05, 0.1) is 51.3 Å². The Morgan fingerprint density at radius 1 is 0.784 bits per heavy atom. The van der Waals surface area contributed by atoms with E-state index in [0.29, 0.717) is 68.7 Å². The summed E-state index contributed by atoms with van der Waals surface area (Å²) in [6.07, 6.45) is 14.3. The second-order valence-electron chi connectivity index (χ2n) is 13.0. The quantitative estimate of drug-likeness (QED) is 0.318. The standard InChI is InChI=1S/C32H50O5/c1-7-14-33-23-12-13-30(4)22(19-23)20-26(34-15-8-2)29-24-10-11-27(32(6)36-17-18-37-32)31(24,5)28(21-25(29)30)35-16-9-3/h7-9,22-29H,1-3,10-21H2,4-6H3/t22-,23+,24-,25-,26+,27-,28-,29-,30-,31-/m0/s1. The van der Waals surface area contributed by atoms with Crippen LogP contribution in [0.2, 0.25) is 0 Å². The lowest BCUT2D eigenvalue weighted by molar-refractivity contribution is -0.260. The molecule has 0 aromatic rings. The third kappa shape index (κ3) is 4.61. The zero-order valence-corrected chi connectivity index (χ0v) is 23.5. The van der Waals surface area contributed by atoms with Crippen LogP contribution in [-0.4, -0.2) is 57.1 Å². The third-order valence-corrected chi connectivity index (χ3v) is 11.5. The van der Waals surface area contributed by atoms with E-state index >= 15 is 0 Å². The molecule has 37 heavy (non-hydrogen) atoms. The maximum atomic E-state index is 6.73. The van der Waals surface area contributed by atoms with Gasteiger partial charge < -0.3 is 23.7 Å². The fourth-order valence-electron chi connectivity index (χ4n) is 9.83. The highest BCUT2D eigenvalue weighted by Gasteiger charge is 2.69. The van der Waals surface area contributed by atoms with Gasteiger partial charge in [-0.15, -0.1) is 19.7 Å². The van der Waals surface area contributed by atoms with Crippen LogP contribution in [-0.2, 0) is 23.7 Å². The Hall–Kier alpha value is -0.980. The van der Waals surface area contributed by atoms with Crippen molar-refractivity contribution in [1.82, 2.24) is 0 Å². The van der Waals surface area contributed by atoms with E-state index in [4.69, 9.17) is 23.7 Å². The van der Waals surface area contributed by atoms with E-state index in [1.165, 1.54) is 12.8 Å². The lowest BCUT2D eigenvalue weighted by Gasteiger charge is -2.65. The maximum absolute atomic E-state index is 6.73. The van der Waals surface area contributed by atoms with Crippen LogP contribution >= 0.6 is 0 Å². The van der Waals surface area contributed by atoms with Gasteiger partial charge in [0, 0.05) is 11.3 Å². The summed E-state index contributed by atoms with van der Waals surface area (Å²) in [5.41, 5.74) is 0.235. The Morgan fingerprint density at radius 2 is 1.46 bits per heavy atom. The second kappa shape index (κ2) is 10.9. The molecule has 0 aromatic heterocycles. The Bertz CT molecular complexity index is 835. The van der Waals surface area contributed by atoms with Crippen LogP contribution in [0, 0.1) is 40.4 Å². The molecule has 4 aliphatic carbocycles. The van der Waals surface area contributed by atoms with Gasteiger partial charge in [0.15, 0.2) is 5.79 Å². The van der Waals surface area contributed by atoms with E-state index in [9.17, 15) is 0 Å². The molecule has 0 radical (unpaired) electrons. The Kier molecular flexibility index (Phi) is 8.11. The molecule has 5 aliphatic rings. The van der Waals surface area contributed by atoms with Crippen molar-refractivity contribution in [3.8, 4) is 0 Å². The lowest BCUT2D eigenvalue weighted by atomic mass is 9.43. The van der Waals surface area contributed by atoms with Crippen LogP contribution in [0.4, 0.5) is 0 Å². The van der Waals surface area contributed by atoms with Crippen molar-refractivity contribution in [2.24, 2.45) is 40.4 Å². The fourth-order valence-corrected chi connectivity index (χ4v) is 9.83. The molecule has 5 rings (SSSR count). The number of rotatable bonds is 10. The second-order valence-corrected chi connectivity index (χ2v) is 13.0. The van der Waals surface area contributed by atoms with Crippen molar-refractivity contribution in [2.75, 3.05) is 33.0 Å². The van der Waals surface area contributed by atoms with Crippen molar-refractivity contribution in [2.45, 2.75) is 89.8 Å². The van der Waals surface area contributed by atoms with Gasteiger partial charge in [0.1, 0.15) is 0 Å². The molecule has 1 heterocycles. The summed E-state index contributed by atoms with van der Waals surface area (Å²) in [5.74, 6) is 1.94. The molecule has 5 nitrogen and oxygen atoms in total. The fraction of sp³-hybridized carbons (Fsp3) is 0.812. The van der Waals surface area contributed by atoms with E-state index < -0.39 is 5.79 Å². The van der Waals surface area contributed by atoms with Crippen molar-refractivity contribution in [1.29, 1.82) is 0 Å². The number of hydrogen-bond acceptors (Lipinski definition) is 5. The van der Waals surface area contributed by atoms with Crippen molar-refractivity contribution < 1.29 is 23.7 Å². The highest BCUT2D eigenvalue weighted by molar-refractivity contribution is 5.16. The van der Waals surface area contributed by atoms with E-state index in [0.717, 1.165) is 32.1 Å². The zero-order chi connectivity index (χ0) is 26.3. The summed E-state index contributed by atoms with van der Waals surface area (Å²) in [4.78, 5) is 0. The van der Waals surface area contributed by atoms with E-state index in [-0.39, 0.29) is 23.0 Å². The third-order valence-electron chi connectivity index (χ3n) is 11.5. The van der Waals surface area contributed by atoms with E-state index in [2.05, 4.69) is 40.5 Å². The molecule has 0 amide bonds. The van der Waals surface area contributed by atoms with E-state index in [1.807, 2.05) is 18.2 Å². The van der Waals surface area contributed by atoms with Gasteiger partial charge in [-0.05, 0) is 81.0 Å². The molecule has 5 heteroatoms. The number of ether oxygens (including phenoxy) is 5. The van der Waals surface area contributed by atoms with E-state index in [1.54, 1.807) is 0 Å². The largest absolute Gasteiger partial charge is 0.374 e. The van der Waals surface area contributed by atoms with Gasteiger partial charge in [-0.25, -0.2) is 0 Å². The maximum Gasteiger partial charge on any atom is 0.169 e. The summed E-state index contributed by atoms with van der Waals surface area (Å²) in [6.45, 7) is 22.2. The Labute approximate surface area is 225 Å². The summed E-state index contributed by atoms with van der Waals surface area (Å²) < 4.78 is 32.2. The van der Waals surface area contributed by atoms with Crippen molar-refractivity contribution in [3.63, 3.8) is 0 Å². The minimum Gasteiger partial charge on any atom is -0.374 e. The first-order valence-corrected chi connectivity index (χ1v) is 14.8. The predicted molar refractivity (Wildman–Crippen MR) is 146 cm³/mol. The van der Waals surface area contributed by atoms with Crippen LogP contribution in [0.25, 0.3) is 0 Å². The molecule has 208 valence electrons. The molecule has 0 spiro atoms. The highest BCUT2D eigenvalue weighted by Crippen LogP contribution is 2.70. The minimum atomic E-state index is -0.536. The molecule has 4 saturated carbocycles. The van der Waals surface area contributed by atoms with Crippen LogP contribution < -0.4 is 0 Å². The molecule has 1 saturated heterocycles. The van der Waals surface area contributed by atoms with Gasteiger partial charge in [-0.1, -0.05) is 32.1 Å². The zero-order valence-electron chi connectivity index (χ0n) is 23.5. The summed E-state index contributed by atoms with van der Waals surface area (Å²) in [5, 5.41) is 0. The SMILES string of the molecule is C=CCO[C@@H]1CC[C@@]2(C)[C@@H](C1)C[C@@H](OCC=C)[C@@H]1[C@@H]2C[C@H](OCC=C)[C@]2(C)[C@@H](C3(C)OCCO3)CC[C@@H]12. The molecular weight excluding hydrogens is 464 g/mol. The molecule has 0 N–H and O–H groups in total. The Morgan fingerprint density at radius 3 is 2.16 bits per heavy atom. The molecule has 10 atom stereocenters. The van der Waals surface area contributed by atoms with Gasteiger partial charge in [-0.2, -0.15) is 0 Å². The lowest BCUT2D eigenvalue weighted by Crippen LogP contribution is -2.64. The normalized spacial score (nSPS) is 46.5. The number of fused-ring (bicyclic) bond motifs is 5. The minimum absolute atomic E-state index is 0.0352. The van der Waals surface area contributed by atoms with Gasteiger partial charge in [0.25, 0.3) is 0 Å². The first-order valence-electron chi connectivity index (χ1n) is 14.8. The average Bonchev–Trinajstić information content (AvgIpc) is 3.49. The smallest absolute Gasteiger partial charge is 0.169 e. The average molecular weight is 515 g/mol. The monoisotopic (exact) mass is 514 g/mol. The highest BCUT2D eigenvalue weighted by atomic mass is 16.7. The molecule has 0 unspecified atom stereocenters. The predicted octanol–water partition coefficient (Wildman–Crippen LogP) is 6.34. The number of hydrogen-bond donors (Lipinski definition) is 0. The van der Waals surface area contributed by atoms with Crippen LogP contribution in [0.3, 0.4) is 0 Å². The summed E-state index contributed by atoms with van der Waals surface area (Å²) >= 11 is 0. The molecule has 0 bridgehead atoms. The van der Waals surface area contributed by atoms with Gasteiger partial charge in [0.2, 0.25) is 0 Å². The molecular formula is C32H50O5. The first-order chi connectivity index (χ1) is 17.8. The topological polar surface area (TPSA) is 46.2 Å². The first kappa shape index (κ1) is 27.6. The molecule has 0 aromatic carbocycles. The van der Waals surface area contributed by atoms with Crippen LogP contribution in [0.1, 0.15) is 65.7 Å². The summed E-state index contributed by atoms with van der Waals surface area (Å²) in [7, 11) is 0. The van der Waals surface area contributed by atoms with Crippen molar-refractivity contribution in [3.05, 3.63) is 38.0 Å². The van der Waals surface area contributed by atoms with Crippen molar-refractivity contribution >= 4 is 0 Å².